The van der Waals surface area contributed by atoms with Gasteiger partial charge < -0.3 is 14.9 Å². The quantitative estimate of drug-likeness (QED) is 0.884. The third kappa shape index (κ3) is 2.85. The lowest BCUT2D eigenvalue weighted by atomic mass is 10.0. The van der Waals surface area contributed by atoms with E-state index in [1.165, 1.54) is 12.1 Å². The number of carbonyl (C=O) groups is 1. The molecule has 0 spiro atoms. The Bertz CT molecular complexity index is 605. The summed E-state index contributed by atoms with van der Waals surface area (Å²) in [6, 6.07) is 11.9. The molecule has 4 heteroatoms. The van der Waals surface area contributed by atoms with E-state index in [4.69, 9.17) is 9.84 Å². The molecule has 2 rings (SSSR count). The smallest absolute Gasteiger partial charge is 0.339 e. The van der Waals surface area contributed by atoms with E-state index in [9.17, 15) is 9.90 Å². The average molecular weight is 258 g/mol. The van der Waals surface area contributed by atoms with Crippen LogP contribution in [-0.2, 0) is 0 Å². The fourth-order valence-corrected chi connectivity index (χ4v) is 1.82. The zero-order valence-electron chi connectivity index (χ0n) is 10.5. The monoisotopic (exact) mass is 258 g/mol. The Morgan fingerprint density at radius 1 is 1.16 bits per heavy atom. The fraction of sp³-hybridized carbons (Fsp3) is 0.133. The second-order valence-corrected chi connectivity index (χ2v) is 4.00. The fourth-order valence-electron chi connectivity index (χ4n) is 1.82. The van der Waals surface area contributed by atoms with E-state index in [1.807, 2.05) is 31.2 Å². The Morgan fingerprint density at radius 3 is 2.53 bits per heavy atom. The maximum absolute atomic E-state index is 10.8. The molecule has 2 aromatic rings. The van der Waals surface area contributed by atoms with Crippen LogP contribution >= 0.6 is 0 Å². The summed E-state index contributed by atoms with van der Waals surface area (Å²) in [4.78, 5) is 10.8. The van der Waals surface area contributed by atoms with Gasteiger partial charge in [0.2, 0.25) is 0 Å². The van der Waals surface area contributed by atoms with Crippen LogP contribution in [0.5, 0.6) is 11.5 Å². The number of hydrogen-bond donors (Lipinski definition) is 2. The van der Waals surface area contributed by atoms with Crippen molar-refractivity contribution >= 4 is 5.97 Å². The van der Waals surface area contributed by atoms with Gasteiger partial charge in [-0.25, -0.2) is 4.79 Å². The number of benzene rings is 2. The molecule has 98 valence electrons. The molecule has 0 saturated heterocycles. The van der Waals surface area contributed by atoms with Gasteiger partial charge in [-0.05, 0) is 42.3 Å². The predicted octanol–water partition coefficient (Wildman–Crippen LogP) is 3.16. The molecule has 0 atom stereocenters. The first-order valence-electron chi connectivity index (χ1n) is 5.91. The van der Waals surface area contributed by atoms with Crippen LogP contribution < -0.4 is 4.74 Å². The van der Waals surface area contributed by atoms with E-state index in [-0.39, 0.29) is 11.3 Å². The highest BCUT2D eigenvalue weighted by molar-refractivity contribution is 5.91. The number of carboxylic acid groups (broad SMARTS) is 1. The molecule has 2 aromatic carbocycles. The van der Waals surface area contributed by atoms with Gasteiger partial charge in [0.15, 0.2) is 0 Å². The highest BCUT2D eigenvalue weighted by Crippen LogP contribution is 2.28. The molecule has 0 saturated carbocycles. The third-order valence-corrected chi connectivity index (χ3v) is 2.71. The first-order chi connectivity index (χ1) is 9.11. The maximum atomic E-state index is 10.8. The van der Waals surface area contributed by atoms with Crippen molar-refractivity contribution in [1.82, 2.24) is 0 Å². The Balaban J connectivity index is 2.39. The van der Waals surface area contributed by atoms with Gasteiger partial charge >= 0.3 is 5.97 Å². The first kappa shape index (κ1) is 13.0. The zero-order chi connectivity index (χ0) is 13.8. The largest absolute Gasteiger partial charge is 0.507 e. The summed E-state index contributed by atoms with van der Waals surface area (Å²) >= 11 is 0. The number of hydrogen-bond acceptors (Lipinski definition) is 3. The molecule has 0 fully saturated rings. The number of aromatic hydroxyl groups is 1. The van der Waals surface area contributed by atoms with E-state index < -0.39 is 5.97 Å². The van der Waals surface area contributed by atoms with Crippen LogP contribution in [0.15, 0.2) is 42.5 Å². The van der Waals surface area contributed by atoms with Crippen molar-refractivity contribution in [3.63, 3.8) is 0 Å². The van der Waals surface area contributed by atoms with Gasteiger partial charge in [-0.2, -0.15) is 0 Å². The summed E-state index contributed by atoms with van der Waals surface area (Å²) in [5, 5.41) is 18.5. The minimum Gasteiger partial charge on any atom is -0.507 e. The second-order valence-electron chi connectivity index (χ2n) is 4.00. The van der Waals surface area contributed by atoms with E-state index in [1.54, 1.807) is 6.07 Å². The van der Waals surface area contributed by atoms with Gasteiger partial charge in [0, 0.05) is 0 Å². The number of ether oxygens (including phenoxy) is 1. The maximum Gasteiger partial charge on any atom is 0.339 e. The van der Waals surface area contributed by atoms with E-state index in [0.717, 1.165) is 16.9 Å². The Kier molecular flexibility index (Phi) is 3.71. The number of rotatable bonds is 4. The lowest BCUT2D eigenvalue weighted by Gasteiger charge is -2.07. The molecule has 0 aliphatic heterocycles. The molecule has 0 heterocycles. The molecule has 0 aliphatic rings. The molecule has 0 amide bonds. The highest BCUT2D eigenvalue weighted by Gasteiger charge is 2.10. The Hall–Kier alpha value is -2.49. The van der Waals surface area contributed by atoms with Crippen LogP contribution in [0.2, 0.25) is 0 Å². The number of aromatic carboxylic acids is 1. The molecular formula is C15H14O4. The molecular weight excluding hydrogens is 244 g/mol. The molecule has 19 heavy (non-hydrogen) atoms. The van der Waals surface area contributed by atoms with Gasteiger partial charge in [-0.3, -0.25) is 0 Å². The van der Waals surface area contributed by atoms with Gasteiger partial charge in [-0.1, -0.05) is 18.2 Å². The van der Waals surface area contributed by atoms with Crippen LogP contribution in [0.3, 0.4) is 0 Å². The number of carboxylic acids is 1. The topological polar surface area (TPSA) is 66.8 Å². The lowest BCUT2D eigenvalue weighted by molar-refractivity contribution is 0.0694. The zero-order valence-corrected chi connectivity index (χ0v) is 10.5. The molecule has 0 radical (unpaired) electrons. The first-order valence-corrected chi connectivity index (χ1v) is 5.91. The average Bonchev–Trinajstić information content (AvgIpc) is 2.39. The summed E-state index contributed by atoms with van der Waals surface area (Å²) in [6.07, 6.45) is 0. The predicted molar refractivity (Wildman–Crippen MR) is 71.7 cm³/mol. The Morgan fingerprint density at radius 2 is 1.89 bits per heavy atom. The van der Waals surface area contributed by atoms with Crippen molar-refractivity contribution in [2.75, 3.05) is 6.61 Å². The van der Waals surface area contributed by atoms with Crippen LogP contribution in [-0.4, -0.2) is 22.8 Å². The molecule has 0 aliphatic carbocycles. The van der Waals surface area contributed by atoms with E-state index >= 15 is 0 Å². The molecule has 0 aromatic heterocycles. The summed E-state index contributed by atoms with van der Waals surface area (Å²) in [5.74, 6) is -0.652. The summed E-state index contributed by atoms with van der Waals surface area (Å²) < 4.78 is 5.40. The summed E-state index contributed by atoms with van der Waals surface area (Å²) in [5.41, 5.74) is 1.49. The summed E-state index contributed by atoms with van der Waals surface area (Å²) in [6.45, 7) is 2.48. The normalized spacial score (nSPS) is 10.2. The minimum atomic E-state index is -1.15. The van der Waals surface area contributed by atoms with Crippen molar-refractivity contribution in [3.05, 3.63) is 48.0 Å². The van der Waals surface area contributed by atoms with Crippen molar-refractivity contribution < 1.29 is 19.7 Å². The van der Waals surface area contributed by atoms with E-state index in [0.29, 0.717) is 6.61 Å². The molecule has 0 bridgehead atoms. The van der Waals surface area contributed by atoms with Gasteiger partial charge in [0.25, 0.3) is 0 Å². The van der Waals surface area contributed by atoms with Crippen molar-refractivity contribution in [3.8, 4) is 22.6 Å². The number of phenols is 1. The van der Waals surface area contributed by atoms with Crippen LogP contribution in [0, 0.1) is 0 Å². The third-order valence-electron chi connectivity index (χ3n) is 2.71. The van der Waals surface area contributed by atoms with Gasteiger partial charge in [-0.15, -0.1) is 0 Å². The Labute approximate surface area is 110 Å². The molecule has 4 nitrogen and oxygen atoms in total. The van der Waals surface area contributed by atoms with E-state index in [2.05, 4.69) is 0 Å². The minimum absolute atomic E-state index is 0.107. The standard InChI is InChI=1S/C15H14O4/c1-2-19-12-5-3-4-10(8-12)11-6-7-13(15(17)18)14(16)9-11/h3-9,16H,2H2,1H3,(H,17,18). The van der Waals surface area contributed by atoms with Crippen molar-refractivity contribution in [2.24, 2.45) is 0 Å². The SMILES string of the molecule is CCOc1cccc(-c2ccc(C(=O)O)c(O)c2)c1. The van der Waals surface area contributed by atoms with Gasteiger partial charge in [0.1, 0.15) is 17.1 Å². The summed E-state index contributed by atoms with van der Waals surface area (Å²) in [7, 11) is 0. The van der Waals surface area contributed by atoms with Crippen LogP contribution in [0.25, 0.3) is 11.1 Å². The lowest BCUT2D eigenvalue weighted by Crippen LogP contribution is -1.96. The molecule has 2 N–H and O–H groups in total. The van der Waals surface area contributed by atoms with Crippen molar-refractivity contribution in [2.45, 2.75) is 6.92 Å². The molecule has 0 unspecified atom stereocenters. The van der Waals surface area contributed by atoms with Gasteiger partial charge in [0.05, 0.1) is 6.61 Å². The van der Waals surface area contributed by atoms with Crippen LogP contribution in [0.1, 0.15) is 17.3 Å². The highest BCUT2D eigenvalue weighted by atomic mass is 16.5. The van der Waals surface area contributed by atoms with Crippen molar-refractivity contribution in [1.29, 1.82) is 0 Å². The second kappa shape index (κ2) is 5.44. The van der Waals surface area contributed by atoms with Crippen LogP contribution in [0.4, 0.5) is 0 Å².